The Kier molecular flexibility index (Phi) is 6.78. The maximum Gasteiger partial charge on any atom is 0.0546 e. The number of hydrogen-bond donors (Lipinski definition) is 0. The lowest BCUT2D eigenvalue weighted by Crippen LogP contribution is -2.15. The molecule has 242 valence electrons. The van der Waals surface area contributed by atoms with Crippen molar-refractivity contribution in [3.05, 3.63) is 187 Å². The topological polar surface area (TPSA) is 3.24 Å². The molecule has 1 nitrogen and oxygen atoms in total. The minimum absolute atomic E-state index is 0.0561. The normalized spacial score (nSPS) is 13.1. The zero-order valence-electron chi connectivity index (χ0n) is 28.6. The summed E-state index contributed by atoms with van der Waals surface area (Å²) in [6, 6.07) is 65.0. The average Bonchev–Trinajstić information content (AvgIpc) is 3.67. The Balaban J connectivity index is 1.24. The van der Waals surface area contributed by atoms with Crippen molar-refractivity contribution in [3.8, 4) is 33.4 Å². The predicted octanol–water partition coefficient (Wildman–Crippen LogP) is 14.3. The van der Waals surface area contributed by atoms with Crippen molar-refractivity contribution in [2.45, 2.75) is 19.3 Å². The average molecular weight is 670 g/mol. The van der Waals surface area contributed by atoms with Crippen LogP contribution >= 0.6 is 11.3 Å². The molecular formula is C49H35NS. The van der Waals surface area contributed by atoms with Gasteiger partial charge in [0.25, 0.3) is 0 Å². The van der Waals surface area contributed by atoms with Crippen molar-refractivity contribution in [2.75, 3.05) is 4.90 Å². The molecule has 10 rings (SSSR count). The van der Waals surface area contributed by atoms with Crippen molar-refractivity contribution in [2.24, 2.45) is 0 Å². The third-order valence-electron chi connectivity index (χ3n) is 10.9. The van der Waals surface area contributed by atoms with Crippen molar-refractivity contribution in [1.29, 1.82) is 0 Å². The van der Waals surface area contributed by atoms with Crippen molar-refractivity contribution >= 4 is 59.3 Å². The second-order valence-electron chi connectivity index (χ2n) is 14.1. The van der Waals surface area contributed by atoms with Crippen LogP contribution in [0.5, 0.6) is 0 Å². The van der Waals surface area contributed by atoms with Crippen molar-refractivity contribution < 1.29 is 0 Å². The van der Waals surface area contributed by atoms with Gasteiger partial charge in [-0.1, -0.05) is 141 Å². The third kappa shape index (κ3) is 4.75. The smallest absolute Gasteiger partial charge is 0.0546 e. The molecule has 0 bridgehead atoms. The lowest BCUT2D eigenvalue weighted by molar-refractivity contribution is 0.660. The molecule has 1 aromatic heterocycles. The van der Waals surface area contributed by atoms with Crippen LogP contribution in [0.1, 0.15) is 25.0 Å². The SMILES string of the molecule is CC1(C)c2ccccc2-c2cc(N(c3ccc(-c4ccccc4)cc3)c3ccc4ccccc4c3-c3ccc4sc5ccccc5c4c3)ccc21. The van der Waals surface area contributed by atoms with E-state index in [1.54, 1.807) is 0 Å². The molecule has 0 radical (unpaired) electrons. The molecule has 0 amide bonds. The van der Waals surface area contributed by atoms with Crippen LogP contribution in [0, 0.1) is 0 Å². The summed E-state index contributed by atoms with van der Waals surface area (Å²) in [5.74, 6) is 0. The van der Waals surface area contributed by atoms with Gasteiger partial charge in [-0.3, -0.25) is 0 Å². The van der Waals surface area contributed by atoms with Crippen molar-refractivity contribution in [3.63, 3.8) is 0 Å². The molecule has 0 aliphatic heterocycles. The van der Waals surface area contributed by atoms with Gasteiger partial charge >= 0.3 is 0 Å². The van der Waals surface area contributed by atoms with Gasteiger partial charge in [0.1, 0.15) is 0 Å². The van der Waals surface area contributed by atoms with Crippen LogP contribution in [0.2, 0.25) is 0 Å². The largest absolute Gasteiger partial charge is 0.310 e. The number of thiophene rings is 1. The van der Waals surface area contributed by atoms with Crippen LogP contribution in [0.3, 0.4) is 0 Å². The van der Waals surface area contributed by atoms with Gasteiger partial charge in [0.15, 0.2) is 0 Å². The molecule has 9 aromatic rings. The van der Waals surface area contributed by atoms with Crippen LogP contribution in [-0.4, -0.2) is 0 Å². The van der Waals surface area contributed by atoms with E-state index in [0.717, 1.165) is 17.1 Å². The van der Waals surface area contributed by atoms with E-state index in [2.05, 4.69) is 195 Å². The molecule has 51 heavy (non-hydrogen) atoms. The Bertz CT molecular complexity index is 2770. The molecule has 1 heterocycles. The summed E-state index contributed by atoms with van der Waals surface area (Å²) in [5, 5.41) is 5.10. The summed E-state index contributed by atoms with van der Waals surface area (Å²) < 4.78 is 2.64. The predicted molar refractivity (Wildman–Crippen MR) is 220 cm³/mol. The van der Waals surface area contributed by atoms with E-state index in [0.29, 0.717) is 0 Å². The van der Waals surface area contributed by atoms with Gasteiger partial charge in [0.2, 0.25) is 0 Å². The molecular weight excluding hydrogens is 635 g/mol. The number of rotatable bonds is 5. The van der Waals surface area contributed by atoms with E-state index < -0.39 is 0 Å². The quantitative estimate of drug-likeness (QED) is 0.176. The van der Waals surface area contributed by atoms with Crippen LogP contribution in [-0.2, 0) is 5.41 Å². The first-order chi connectivity index (χ1) is 25.0. The molecule has 0 saturated carbocycles. The molecule has 0 spiro atoms. The zero-order chi connectivity index (χ0) is 34.1. The molecule has 1 aliphatic rings. The minimum Gasteiger partial charge on any atom is -0.310 e. The first-order valence-corrected chi connectivity index (χ1v) is 18.5. The lowest BCUT2D eigenvalue weighted by atomic mass is 9.82. The highest BCUT2D eigenvalue weighted by Crippen LogP contribution is 2.52. The number of hydrogen-bond acceptors (Lipinski definition) is 2. The molecule has 0 N–H and O–H groups in total. The number of fused-ring (bicyclic) bond motifs is 7. The molecule has 0 fully saturated rings. The van der Waals surface area contributed by atoms with Crippen LogP contribution in [0.4, 0.5) is 17.1 Å². The monoisotopic (exact) mass is 669 g/mol. The first kappa shape index (κ1) is 29.9. The van der Waals surface area contributed by atoms with Gasteiger partial charge in [-0.05, 0) is 98.2 Å². The molecule has 0 saturated heterocycles. The third-order valence-corrected chi connectivity index (χ3v) is 12.0. The summed E-state index contributed by atoms with van der Waals surface area (Å²) in [4.78, 5) is 2.47. The Morgan fingerprint density at radius 3 is 1.94 bits per heavy atom. The second-order valence-corrected chi connectivity index (χ2v) is 15.2. The van der Waals surface area contributed by atoms with Gasteiger partial charge in [-0.15, -0.1) is 11.3 Å². The van der Waals surface area contributed by atoms with E-state index in [9.17, 15) is 0 Å². The Labute approximate surface area is 302 Å². The summed E-state index contributed by atoms with van der Waals surface area (Å²) in [5.41, 5.74) is 13.6. The summed E-state index contributed by atoms with van der Waals surface area (Å²) in [6.45, 7) is 4.70. The number of benzene rings is 8. The van der Waals surface area contributed by atoms with Gasteiger partial charge < -0.3 is 4.90 Å². The highest BCUT2D eigenvalue weighted by molar-refractivity contribution is 7.25. The Morgan fingerprint density at radius 1 is 0.431 bits per heavy atom. The molecule has 2 heteroatoms. The number of nitrogens with zero attached hydrogens (tertiary/aromatic N) is 1. The maximum absolute atomic E-state index is 2.47. The van der Waals surface area contributed by atoms with Gasteiger partial charge in [0, 0.05) is 42.5 Å². The highest BCUT2D eigenvalue weighted by Gasteiger charge is 2.35. The lowest BCUT2D eigenvalue weighted by Gasteiger charge is -2.30. The maximum atomic E-state index is 2.47. The summed E-state index contributed by atoms with van der Waals surface area (Å²) in [7, 11) is 0. The summed E-state index contributed by atoms with van der Waals surface area (Å²) >= 11 is 1.87. The van der Waals surface area contributed by atoms with Crippen molar-refractivity contribution in [1.82, 2.24) is 0 Å². The van der Waals surface area contributed by atoms with Gasteiger partial charge in [0.05, 0.1) is 5.69 Å². The van der Waals surface area contributed by atoms with E-state index in [-0.39, 0.29) is 5.41 Å². The fraction of sp³-hybridized carbons (Fsp3) is 0.0612. The zero-order valence-corrected chi connectivity index (χ0v) is 29.4. The Morgan fingerprint density at radius 2 is 1.08 bits per heavy atom. The van der Waals surface area contributed by atoms with Crippen LogP contribution in [0.15, 0.2) is 176 Å². The molecule has 8 aromatic carbocycles. The fourth-order valence-corrected chi connectivity index (χ4v) is 9.43. The van der Waals surface area contributed by atoms with E-state index >= 15 is 0 Å². The standard InChI is InChI=1S/C49H35NS/c1-49(2)43-18-10-8-16-39(43)41-31-37(26-27-44(41)49)50(36-24-20-33(21-25-36)32-12-4-3-5-13-32)45-28-22-34-14-6-7-15-38(34)48(45)35-23-29-47-42(30-35)40-17-9-11-19-46(40)51-47/h3-31H,1-2H3. The molecule has 0 atom stereocenters. The Hall–Kier alpha value is -5.96. The first-order valence-electron chi connectivity index (χ1n) is 17.7. The van der Waals surface area contributed by atoms with Gasteiger partial charge in [-0.25, -0.2) is 0 Å². The highest BCUT2D eigenvalue weighted by atomic mass is 32.1. The van der Waals surface area contributed by atoms with E-state index in [1.807, 2.05) is 11.3 Å². The summed E-state index contributed by atoms with van der Waals surface area (Å²) in [6.07, 6.45) is 0. The van der Waals surface area contributed by atoms with Gasteiger partial charge in [-0.2, -0.15) is 0 Å². The van der Waals surface area contributed by atoms with E-state index in [4.69, 9.17) is 0 Å². The molecule has 0 unspecified atom stereocenters. The second kappa shape index (κ2) is 11.6. The minimum atomic E-state index is -0.0561. The fourth-order valence-electron chi connectivity index (χ4n) is 8.34. The van der Waals surface area contributed by atoms with E-state index in [1.165, 1.54) is 75.5 Å². The van der Waals surface area contributed by atoms with Crippen LogP contribution < -0.4 is 4.90 Å². The molecule has 1 aliphatic carbocycles. The van der Waals surface area contributed by atoms with Crippen LogP contribution in [0.25, 0.3) is 64.3 Å². The number of anilines is 3.